The van der Waals surface area contributed by atoms with Crippen molar-refractivity contribution in [3.8, 4) is 11.5 Å². The van der Waals surface area contributed by atoms with Gasteiger partial charge in [-0.25, -0.2) is 9.69 Å². The second-order valence-electron chi connectivity index (χ2n) is 9.29. The van der Waals surface area contributed by atoms with Crippen LogP contribution in [-0.4, -0.2) is 17.8 Å². The zero-order valence-corrected chi connectivity index (χ0v) is 23.4. The van der Waals surface area contributed by atoms with Gasteiger partial charge in [0.1, 0.15) is 30.3 Å². The first-order valence-corrected chi connectivity index (χ1v) is 13.4. The second kappa shape index (κ2) is 12.3. The minimum atomic E-state index is -0.845. The van der Waals surface area contributed by atoms with Gasteiger partial charge in [-0.1, -0.05) is 77.3 Å². The molecule has 0 bridgehead atoms. The van der Waals surface area contributed by atoms with E-state index in [-0.39, 0.29) is 17.9 Å². The fraction of sp³-hybridized carbons (Fsp3) is 0.0938. The molecule has 0 spiro atoms. The number of anilines is 1. The quantitative estimate of drug-likeness (QED) is 0.175. The SMILES string of the molecule is Cc1ccc(COc2ccccc2/C=C2\C(=O)NC(=O)N(c3ccc(OCc4ccc(Cl)cc4Cl)cc3)C2=O)cc1. The Morgan fingerprint density at radius 2 is 1.56 bits per heavy atom. The Hall–Kier alpha value is -4.59. The van der Waals surface area contributed by atoms with Crippen molar-refractivity contribution in [1.82, 2.24) is 5.32 Å². The van der Waals surface area contributed by atoms with Gasteiger partial charge in [0.25, 0.3) is 11.8 Å². The summed E-state index contributed by atoms with van der Waals surface area (Å²) in [6.07, 6.45) is 1.43. The van der Waals surface area contributed by atoms with Crippen molar-refractivity contribution in [2.45, 2.75) is 20.1 Å². The summed E-state index contributed by atoms with van der Waals surface area (Å²) in [5.74, 6) is -0.555. The lowest BCUT2D eigenvalue weighted by Crippen LogP contribution is -2.54. The summed E-state index contributed by atoms with van der Waals surface area (Å²) in [5, 5.41) is 3.25. The molecular weight excluding hydrogens is 563 g/mol. The van der Waals surface area contributed by atoms with Gasteiger partial charge in [-0.15, -0.1) is 0 Å². The third kappa shape index (κ3) is 6.60. The van der Waals surface area contributed by atoms with E-state index in [1.165, 1.54) is 6.08 Å². The molecule has 0 unspecified atom stereocenters. The maximum Gasteiger partial charge on any atom is 0.335 e. The van der Waals surface area contributed by atoms with Gasteiger partial charge in [0.05, 0.1) is 5.69 Å². The number of imide groups is 2. The molecule has 1 aliphatic rings. The average Bonchev–Trinajstić information content (AvgIpc) is 2.95. The zero-order valence-electron chi connectivity index (χ0n) is 21.9. The highest BCUT2D eigenvalue weighted by atomic mass is 35.5. The number of benzene rings is 4. The van der Waals surface area contributed by atoms with Crippen LogP contribution in [-0.2, 0) is 22.8 Å². The van der Waals surface area contributed by atoms with E-state index in [2.05, 4.69) is 5.32 Å². The lowest BCUT2D eigenvalue weighted by Gasteiger charge is -2.26. The summed E-state index contributed by atoms with van der Waals surface area (Å²) >= 11 is 12.1. The molecule has 1 heterocycles. The van der Waals surface area contributed by atoms with Crippen LogP contribution < -0.4 is 19.7 Å². The van der Waals surface area contributed by atoms with Gasteiger partial charge in [0.15, 0.2) is 0 Å². The molecule has 0 aliphatic carbocycles. The number of amides is 4. The Bertz CT molecular complexity index is 1650. The minimum Gasteiger partial charge on any atom is -0.489 e. The molecule has 5 rings (SSSR count). The lowest BCUT2D eigenvalue weighted by atomic mass is 10.1. The van der Waals surface area contributed by atoms with Crippen molar-refractivity contribution in [3.05, 3.63) is 129 Å². The van der Waals surface area contributed by atoms with E-state index in [0.717, 1.165) is 21.6 Å². The number of nitrogens with zero attached hydrogens (tertiary/aromatic N) is 1. The average molecular weight is 587 g/mol. The summed E-state index contributed by atoms with van der Waals surface area (Å²) in [4.78, 5) is 39.7. The van der Waals surface area contributed by atoms with E-state index in [4.69, 9.17) is 32.7 Å². The maximum absolute atomic E-state index is 13.4. The molecule has 1 fully saturated rings. The Labute approximate surface area is 246 Å². The summed E-state index contributed by atoms with van der Waals surface area (Å²) in [5.41, 5.74) is 3.47. The molecule has 4 aromatic rings. The predicted molar refractivity (Wildman–Crippen MR) is 158 cm³/mol. The molecular formula is C32H24Cl2N2O5. The fourth-order valence-corrected chi connectivity index (χ4v) is 4.58. The van der Waals surface area contributed by atoms with Crippen molar-refractivity contribution in [3.63, 3.8) is 0 Å². The topological polar surface area (TPSA) is 84.9 Å². The van der Waals surface area contributed by atoms with Crippen LogP contribution in [0.15, 0.2) is 96.6 Å². The molecule has 0 radical (unpaired) electrons. The Balaban J connectivity index is 1.33. The molecule has 1 N–H and O–H groups in total. The van der Waals surface area contributed by atoms with Crippen LogP contribution in [0.25, 0.3) is 6.08 Å². The third-order valence-corrected chi connectivity index (χ3v) is 6.93. The number of hydrogen-bond acceptors (Lipinski definition) is 5. The maximum atomic E-state index is 13.4. The largest absolute Gasteiger partial charge is 0.489 e. The molecule has 0 aromatic heterocycles. The van der Waals surface area contributed by atoms with Gasteiger partial charge in [-0.05, 0) is 61.0 Å². The number of barbiturate groups is 1. The Morgan fingerprint density at radius 3 is 2.29 bits per heavy atom. The van der Waals surface area contributed by atoms with Crippen molar-refractivity contribution in [1.29, 1.82) is 0 Å². The predicted octanol–water partition coefficient (Wildman–Crippen LogP) is 7.13. The first-order valence-electron chi connectivity index (χ1n) is 12.6. The molecule has 1 saturated heterocycles. The third-order valence-electron chi connectivity index (χ3n) is 6.34. The molecule has 1 aliphatic heterocycles. The molecule has 0 atom stereocenters. The zero-order chi connectivity index (χ0) is 28.9. The summed E-state index contributed by atoms with van der Waals surface area (Å²) in [7, 11) is 0. The van der Waals surface area contributed by atoms with Crippen LogP contribution in [0.5, 0.6) is 11.5 Å². The number of nitrogens with one attached hydrogen (secondary N) is 1. The molecule has 4 amide bonds. The van der Waals surface area contributed by atoms with Crippen LogP contribution in [0, 0.1) is 6.92 Å². The molecule has 9 heteroatoms. The number of halogens is 2. The van der Waals surface area contributed by atoms with Crippen molar-refractivity contribution in [2.75, 3.05) is 4.90 Å². The fourth-order valence-electron chi connectivity index (χ4n) is 4.12. The van der Waals surface area contributed by atoms with E-state index in [0.29, 0.717) is 33.7 Å². The van der Waals surface area contributed by atoms with Gasteiger partial charge in [0, 0.05) is 21.2 Å². The molecule has 0 saturated carbocycles. The second-order valence-corrected chi connectivity index (χ2v) is 10.1. The minimum absolute atomic E-state index is 0.200. The standard InChI is InChI=1S/C32H24Cl2N2O5/c1-20-6-8-21(9-7-20)18-41-29-5-3-2-4-22(29)16-27-30(37)35-32(39)36(31(27)38)25-12-14-26(15-13-25)40-19-23-10-11-24(33)17-28(23)34/h2-17H,18-19H2,1H3,(H,35,37,39)/b27-16+. The van der Waals surface area contributed by atoms with Gasteiger partial charge >= 0.3 is 6.03 Å². The number of ether oxygens (including phenoxy) is 2. The molecule has 4 aromatic carbocycles. The summed E-state index contributed by atoms with van der Waals surface area (Å²) in [6.45, 7) is 2.52. The van der Waals surface area contributed by atoms with Gasteiger partial charge in [0.2, 0.25) is 0 Å². The highest BCUT2D eigenvalue weighted by molar-refractivity contribution is 6.39. The lowest BCUT2D eigenvalue weighted by molar-refractivity contribution is -0.122. The van der Waals surface area contributed by atoms with Crippen molar-refractivity contribution in [2.24, 2.45) is 0 Å². The number of carbonyl (C=O) groups excluding carboxylic acids is 3. The van der Waals surface area contributed by atoms with Crippen molar-refractivity contribution >= 4 is 52.8 Å². The monoisotopic (exact) mass is 586 g/mol. The number of hydrogen-bond donors (Lipinski definition) is 1. The number of rotatable bonds is 8. The molecule has 41 heavy (non-hydrogen) atoms. The molecule has 206 valence electrons. The van der Waals surface area contributed by atoms with Gasteiger partial charge < -0.3 is 9.47 Å². The normalized spacial score (nSPS) is 14.3. The first kappa shape index (κ1) is 28.0. The summed E-state index contributed by atoms with van der Waals surface area (Å²) in [6, 6.07) is 25.6. The number of urea groups is 1. The number of para-hydroxylation sites is 1. The van der Waals surface area contributed by atoms with Crippen molar-refractivity contribution < 1.29 is 23.9 Å². The van der Waals surface area contributed by atoms with E-state index >= 15 is 0 Å². The van der Waals surface area contributed by atoms with Crippen LogP contribution >= 0.6 is 23.2 Å². The first-order chi connectivity index (χ1) is 19.8. The summed E-state index contributed by atoms with van der Waals surface area (Å²) < 4.78 is 11.8. The van der Waals surface area contributed by atoms with E-state index in [1.54, 1.807) is 66.7 Å². The van der Waals surface area contributed by atoms with Crippen LogP contribution in [0.2, 0.25) is 10.0 Å². The van der Waals surface area contributed by atoms with Crippen LogP contribution in [0.4, 0.5) is 10.5 Å². The van der Waals surface area contributed by atoms with Crippen LogP contribution in [0.3, 0.4) is 0 Å². The number of carbonyl (C=O) groups is 3. The smallest absolute Gasteiger partial charge is 0.335 e. The number of aryl methyl sites for hydroxylation is 1. The van der Waals surface area contributed by atoms with E-state index in [9.17, 15) is 14.4 Å². The Morgan fingerprint density at radius 1 is 0.829 bits per heavy atom. The van der Waals surface area contributed by atoms with Gasteiger partial charge in [-0.3, -0.25) is 14.9 Å². The highest BCUT2D eigenvalue weighted by Crippen LogP contribution is 2.28. The molecule has 7 nitrogen and oxygen atoms in total. The van der Waals surface area contributed by atoms with Gasteiger partial charge in [-0.2, -0.15) is 0 Å². The Kier molecular flexibility index (Phi) is 8.38. The van der Waals surface area contributed by atoms with E-state index in [1.807, 2.05) is 31.2 Å². The van der Waals surface area contributed by atoms with E-state index < -0.39 is 17.8 Å². The highest BCUT2D eigenvalue weighted by Gasteiger charge is 2.37. The van der Waals surface area contributed by atoms with Crippen LogP contribution in [0.1, 0.15) is 22.3 Å².